The van der Waals surface area contributed by atoms with Crippen molar-refractivity contribution in [3.8, 4) is 11.5 Å². The van der Waals surface area contributed by atoms with Crippen molar-refractivity contribution in [1.82, 2.24) is 0 Å². The molecule has 4 rings (SSSR count). The third-order valence-electron chi connectivity index (χ3n) is 5.10. The Balaban J connectivity index is 0.000000448. The fourth-order valence-corrected chi connectivity index (χ4v) is 3.36. The van der Waals surface area contributed by atoms with Gasteiger partial charge in [0.25, 0.3) is 0 Å². The van der Waals surface area contributed by atoms with Gasteiger partial charge >= 0.3 is 0 Å². The molecule has 0 atom stereocenters. The summed E-state index contributed by atoms with van der Waals surface area (Å²) < 4.78 is 0. The highest BCUT2D eigenvalue weighted by Gasteiger charge is 2.20. The molecule has 2 N–H and O–H groups in total. The van der Waals surface area contributed by atoms with E-state index >= 15 is 0 Å². The third kappa shape index (κ3) is 6.11. The standard InChI is InChI=1S/C22H21BrO2.C5H6/c1-15-13-19(15)14-18(3-2-12-23)22(16-4-8-20(24)9-5-16)17-6-10-21(25)11-7-17;1-4-3-5(4)2/h4-11,14,24-25H,1-3,12-13H2;1-3H2/b19-14+;. The molecule has 3 heteroatoms. The lowest BCUT2D eigenvalue weighted by Crippen LogP contribution is -1.95. The van der Waals surface area contributed by atoms with Crippen molar-refractivity contribution in [1.29, 1.82) is 0 Å². The van der Waals surface area contributed by atoms with E-state index in [0.29, 0.717) is 0 Å². The van der Waals surface area contributed by atoms with Crippen LogP contribution >= 0.6 is 15.9 Å². The van der Waals surface area contributed by atoms with E-state index in [0.717, 1.165) is 47.7 Å². The van der Waals surface area contributed by atoms with E-state index in [2.05, 4.69) is 41.7 Å². The number of allylic oxidation sites excluding steroid dienone is 6. The quantitative estimate of drug-likeness (QED) is 0.437. The average Bonchev–Trinajstić information content (AvgIpc) is 3.61. The highest BCUT2D eigenvalue weighted by molar-refractivity contribution is 9.09. The van der Waals surface area contributed by atoms with Crippen LogP contribution in [0.4, 0.5) is 0 Å². The molecule has 2 aliphatic rings. The number of aromatic hydroxyl groups is 2. The van der Waals surface area contributed by atoms with E-state index in [9.17, 15) is 10.2 Å². The van der Waals surface area contributed by atoms with Crippen LogP contribution in [0.5, 0.6) is 11.5 Å². The van der Waals surface area contributed by atoms with Crippen LogP contribution in [0.15, 0.2) is 102 Å². The maximum absolute atomic E-state index is 9.64. The number of benzene rings is 2. The number of phenols is 2. The lowest BCUT2D eigenvalue weighted by Gasteiger charge is -2.15. The van der Waals surface area contributed by atoms with E-state index < -0.39 is 0 Å². The molecule has 0 radical (unpaired) electrons. The molecule has 0 amide bonds. The Morgan fingerprint density at radius 3 is 1.57 bits per heavy atom. The molecule has 0 aromatic heterocycles. The lowest BCUT2D eigenvalue weighted by molar-refractivity contribution is 0.475. The zero-order valence-corrected chi connectivity index (χ0v) is 18.7. The number of alkyl halides is 1. The summed E-state index contributed by atoms with van der Waals surface area (Å²) in [4.78, 5) is 0. The summed E-state index contributed by atoms with van der Waals surface area (Å²) in [5.41, 5.74) is 9.45. The van der Waals surface area contributed by atoms with E-state index in [1.807, 2.05) is 24.3 Å². The Bertz CT molecular complexity index is 962. The summed E-state index contributed by atoms with van der Waals surface area (Å²) in [6.45, 7) is 11.3. The smallest absolute Gasteiger partial charge is 0.115 e. The van der Waals surface area contributed by atoms with Gasteiger partial charge in [0.1, 0.15) is 11.5 Å². The Hall–Kier alpha value is -2.78. The molecule has 30 heavy (non-hydrogen) atoms. The first-order chi connectivity index (χ1) is 14.4. The Morgan fingerprint density at radius 1 is 0.800 bits per heavy atom. The highest BCUT2D eigenvalue weighted by Crippen LogP contribution is 2.39. The normalized spacial score (nSPS) is 15.5. The summed E-state index contributed by atoms with van der Waals surface area (Å²) >= 11 is 3.53. The van der Waals surface area contributed by atoms with Gasteiger partial charge in [-0.1, -0.05) is 66.0 Å². The summed E-state index contributed by atoms with van der Waals surface area (Å²) in [7, 11) is 0. The highest BCUT2D eigenvalue weighted by atomic mass is 79.9. The second-order valence-corrected chi connectivity index (χ2v) is 8.41. The molecular weight excluding hydrogens is 436 g/mol. The van der Waals surface area contributed by atoms with Gasteiger partial charge in [-0.3, -0.25) is 0 Å². The predicted octanol–water partition coefficient (Wildman–Crippen LogP) is 7.46. The van der Waals surface area contributed by atoms with Crippen molar-refractivity contribution in [3.05, 3.63) is 113 Å². The summed E-state index contributed by atoms with van der Waals surface area (Å²) in [6.07, 6.45) is 6.29. The van der Waals surface area contributed by atoms with Crippen LogP contribution in [-0.2, 0) is 0 Å². The zero-order valence-electron chi connectivity index (χ0n) is 17.1. The molecule has 2 aliphatic carbocycles. The Kier molecular flexibility index (Phi) is 7.17. The number of halogens is 1. The average molecular weight is 463 g/mol. The summed E-state index contributed by atoms with van der Waals surface area (Å²) in [5, 5.41) is 20.2. The molecule has 2 aromatic carbocycles. The molecule has 0 bridgehead atoms. The Labute approximate surface area is 187 Å². The van der Waals surface area contributed by atoms with Crippen molar-refractivity contribution in [2.45, 2.75) is 25.7 Å². The second kappa shape index (κ2) is 9.82. The number of rotatable bonds is 6. The van der Waals surface area contributed by atoms with E-state index in [4.69, 9.17) is 0 Å². The lowest BCUT2D eigenvalue weighted by atomic mass is 9.90. The topological polar surface area (TPSA) is 40.5 Å². The fraction of sp³-hybridized carbons (Fsp3) is 0.185. The maximum Gasteiger partial charge on any atom is 0.115 e. The summed E-state index contributed by atoms with van der Waals surface area (Å²) in [6, 6.07) is 14.6. The number of hydrogen-bond donors (Lipinski definition) is 2. The van der Waals surface area contributed by atoms with Crippen molar-refractivity contribution in [3.63, 3.8) is 0 Å². The molecule has 154 valence electrons. The minimum absolute atomic E-state index is 0.254. The van der Waals surface area contributed by atoms with Gasteiger partial charge in [0.2, 0.25) is 0 Å². The first-order valence-corrected chi connectivity index (χ1v) is 11.1. The van der Waals surface area contributed by atoms with Gasteiger partial charge in [0, 0.05) is 5.33 Å². The van der Waals surface area contributed by atoms with Crippen LogP contribution in [0.25, 0.3) is 5.57 Å². The molecule has 2 nitrogen and oxygen atoms in total. The second-order valence-electron chi connectivity index (χ2n) is 7.62. The van der Waals surface area contributed by atoms with Gasteiger partial charge in [-0.25, -0.2) is 0 Å². The van der Waals surface area contributed by atoms with Crippen LogP contribution in [0.3, 0.4) is 0 Å². The third-order valence-corrected chi connectivity index (χ3v) is 5.66. The minimum atomic E-state index is 0.254. The molecular formula is C27H27BrO2. The van der Waals surface area contributed by atoms with Crippen LogP contribution in [-0.4, -0.2) is 15.5 Å². The van der Waals surface area contributed by atoms with Gasteiger partial charge in [0.05, 0.1) is 0 Å². The number of hydrogen-bond acceptors (Lipinski definition) is 2. The van der Waals surface area contributed by atoms with Crippen LogP contribution in [0.2, 0.25) is 0 Å². The zero-order chi connectivity index (χ0) is 21.7. The molecule has 0 saturated heterocycles. The van der Waals surface area contributed by atoms with Gasteiger partial charge in [-0.15, -0.1) is 0 Å². The predicted molar refractivity (Wildman–Crippen MR) is 130 cm³/mol. The molecule has 2 fully saturated rings. The first kappa shape index (κ1) is 21.9. The van der Waals surface area contributed by atoms with Crippen molar-refractivity contribution < 1.29 is 10.2 Å². The molecule has 0 aliphatic heterocycles. The molecule has 0 spiro atoms. The fourth-order valence-electron chi connectivity index (χ4n) is 3.08. The van der Waals surface area contributed by atoms with Crippen molar-refractivity contribution in [2.75, 3.05) is 5.33 Å². The molecule has 2 saturated carbocycles. The minimum Gasteiger partial charge on any atom is -0.508 e. The monoisotopic (exact) mass is 462 g/mol. The van der Waals surface area contributed by atoms with Crippen molar-refractivity contribution in [2.24, 2.45) is 0 Å². The first-order valence-electron chi connectivity index (χ1n) is 10.0. The van der Waals surface area contributed by atoms with Gasteiger partial charge in [-0.2, -0.15) is 0 Å². The van der Waals surface area contributed by atoms with Crippen molar-refractivity contribution >= 4 is 21.5 Å². The molecule has 0 unspecified atom stereocenters. The van der Waals surface area contributed by atoms with Crippen LogP contribution in [0, 0.1) is 0 Å². The van der Waals surface area contributed by atoms with Crippen LogP contribution < -0.4 is 0 Å². The van der Waals surface area contributed by atoms with E-state index in [1.54, 1.807) is 24.3 Å². The SMILES string of the molecule is C=C1C/C1=C\C(CCCBr)=C(c1ccc(O)cc1)c1ccc(O)cc1.C=C1CC1=C. The largest absolute Gasteiger partial charge is 0.508 e. The molecule has 0 heterocycles. The van der Waals surface area contributed by atoms with Gasteiger partial charge in [-0.05, 0) is 94.5 Å². The van der Waals surface area contributed by atoms with Gasteiger partial charge < -0.3 is 10.2 Å². The number of phenolic OH excluding ortho intramolecular Hbond substituents is 2. The van der Waals surface area contributed by atoms with E-state index in [1.165, 1.54) is 27.9 Å². The molecule has 2 aromatic rings. The maximum atomic E-state index is 9.64. The Morgan fingerprint density at radius 2 is 1.23 bits per heavy atom. The summed E-state index contributed by atoms with van der Waals surface area (Å²) in [5.74, 6) is 0.509. The van der Waals surface area contributed by atoms with Gasteiger partial charge in [0.15, 0.2) is 0 Å². The van der Waals surface area contributed by atoms with Crippen LogP contribution in [0.1, 0.15) is 36.8 Å². The van der Waals surface area contributed by atoms with E-state index in [-0.39, 0.29) is 11.5 Å².